The van der Waals surface area contributed by atoms with Crippen LogP contribution in [0.25, 0.3) is 0 Å². The number of amides is 2. The second kappa shape index (κ2) is 10.1. The summed E-state index contributed by atoms with van der Waals surface area (Å²) in [7, 11) is 0. The van der Waals surface area contributed by atoms with Gasteiger partial charge >= 0.3 is 0 Å². The normalized spacial score (nSPS) is 20.9. The van der Waals surface area contributed by atoms with E-state index in [0.717, 1.165) is 38.3 Å². The van der Waals surface area contributed by atoms with Crippen molar-refractivity contribution in [2.75, 3.05) is 19.6 Å². The second-order valence-corrected chi connectivity index (χ2v) is 7.04. The first-order valence-electron chi connectivity index (χ1n) is 8.86. The lowest BCUT2D eigenvalue weighted by Crippen LogP contribution is -2.46. The molecule has 0 aromatic rings. The molecule has 2 amide bonds. The molecule has 6 heteroatoms. The number of halogens is 1. The van der Waals surface area contributed by atoms with Gasteiger partial charge in [-0.15, -0.1) is 12.4 Å². The van der Waals surface area contributed by atoms with E-state index < -0.39 is 0 Å². The van der Waals surface area contributed by atoms with Crippen molar-refractivity contribution in [3.8, 4) is 0 Å². The summed E-state index contributed by atoms with van der Waals surface area (Å²) >= 11 is 0. The molecule has 2 fully saturated rings. The van der Waals surface area contributed by atoms with Crippen molar-refractivity contribution in [1.82, 2.24) is 10.2 Å². The van der Waals surface area contributed by atoms with Gasteiger partial charge in [-0.05, 0) is 38.0 Å². The molecule has 0 bridgehead atoms. The van der Waals surface area contributed by atoms with E-state index in [4.69, 9.17) is 5.73 Å². The zero-order valence-electron chi connectivity index (χ0n) is 14.3. The molecule has 23 heavy (non-hydrogen) atoms. The van der Waals surface area contributed by atoms with E-state index in [9.17, 15) is 9.59 Å². The molecule has 0 radical (unpaired) electrons. The van der Waals surface area contributed by atoms with E-state index in [0.29, 0.717) is 12.3 Å². The summed E-state index contributed by atoms with van der Waals surface area (Å²) in [4.78, 5) is 25.8. The molecule has 1 atom stereocenters. The van der Waals surface area contributed by atoms with Crippen LogP contribution in [0.5, 0.6) is 0 Å². The topological polar surface area (TPSA) is 75.4 Å². The van der Waals surface area contributed by atoms with Crippen molar-refractivity contribution in [3.05, 3.63) is 0 Å². The molecule has 0 aromatic carbocycles. The highest BCUT2D eigenvalue weighted by Gasteiger charge is 2.25. The minimum absolute atomic E-state index is 0. The van der Waals surface area contributed by atoms with E-state index in [1.54, 1.807) is 0 Å². The van der Waals surface area contributed by atoms with E-state index in [2.05, 4.69) is 5.32 Å². The maximum Gasteiger partial charge on any atom is 0.241 e. The number of hydrogen-bond acceptors (Lipinski definition) is 3. The zero-order chi connectivity index (χ0) is 15.9. The summed E-state index contributed by atoms with van der Waals surface area (Å²) in [5, 5.41) is 2.78. The Morgan fingerprint density at radius 1 is 1.17 bits per heavy atom. The molecule has 2 aliphatic rings. The number of nitrogens with one attached hydrogen (secondary N) is 1. The molecular formula is C17H32ClN3O2. The lowest BCUT2D eigenvalue weighted by atomic mass is 9.91. The number of piperidine rings is 1. The first kappa shape index (κ1) is 20.2. The summed E-state index contributed by atoms with van der Waals surface area (Å²) in [5.74, 6) is 1.30. The summed E-state index contributed by atoms with van der Waals surface area (Å²) in [6.07, 6.45) is 8.62. The van der Waals surface area contributed by atoms with Crippen LogP contribution in [0.3, 0.4) is 0 Å². The highest BCUT2D eigenvalue weighted by molar-refractivity contribution is 5.85. The molecule has 1 unspecified atom stereocenters. The predicted molar refractivity (Wildman–Crippen MR) is 94.4 cm³/mol. The van der Waals surface area contributed by atoms with Crippen molar-refractivity contribution in [3.63, 3.8) is 0 Å². The van der Waals surface area contributed by atoms with Crippen LogP contribution in [0, 0.1) is 11.8 Å². The molecule has 1 heterocycles. The van der Waals surface area contributed by atoms with Gasteiger partial charge in [-0.3, -0.25) is 9.59 Å². The van der Waals surface area contributed by atoms with E-state index in [1.807, 2.05) is 11.8 Å². The van der Waals surface area contributed by atoms with Gasteiger partial charge < -0.3 is 16.0 Å². The summed E-state index contributed by atoms with van der Waals surface area (Å²) < 4.78 is 0. The van der Waals surface area contributed by atoms with Crippen molar-refractivity contribution in [2.24, 2.45) is 17.6 Å². The Labute approximate surface area is 146 Å². The largest absolute Gasteiger partial charge is 0.347 e. The molecule has 0 aromatic heterocycles. The first-order chi connectivity index (χ1) is 10.6. The van der Waals surface area contributed by atoms with Crippen molar-refractivity contribution in [2.45, 2.75) is 64.3 Å². The van der Waals surface area contributed by atoms with Crippen LogP contribution < -0.4 is 11.1 Å². The molecule has 1 saturated carbocycles. The Morgan fingerprint density at radius 2 is 1.78 bits per heavy atom. The number of hydrogen-bond donors (Lipinski definition) is 2. The van der Waals surface area contributed by atoms with Crippen LogP contribution in [-0.2, 0) is 9.59 Å². The summed E-state index contributed by atoms with van der Waals surface area (Å²) in [5.41, 5.74) is 5.91. The third-order valence-corrected chi connectivity index (χ3v) is 5.33. The average Bonchev–Trinajstić information content (AvgIpc) is 3.04. The van der Waals surface area contributed by atoms with Crippen LogP contribution in [0.2, 0.25) is 0 Å². The van der Waals surface area contributed by atoms with Crippen LogP contribution in [0.1, 0.15) is 58.3 Å². The molecule has 0 spiro atoms. The zero-order valence-corrected chi connectivity index (χ0v) is 15.1. The predicted octanol–water partition coefficient (Wildman–Crippen LogP) is 2.08. The third kappa shape index (κ3) is 6.68. The van der Waals surface area contributed by atoms with E-state index in [1.165, 1.54) is 25.7 Å². The molecule has 1 aliphatic heterocycles. The second-order valence-electron chi connectivity index (χ2n) is 7.04. The Kier molecular flexibility index (Phi) is 8.92. The smallest absolute Gasteiger partial charge is 0.241 e. The Morgan fingerprint density at radius 3 is 2.35 bits per heavy atom. The number of rotatable bonds is 6. The molecule has 134 valence electrons. The minimum Gasteiger partial charge on any atom is -0.347 e. The van der Waals surface area contributed by atoms with E-state index in [-0.39, 0.29) is 36.8 Å². The van der Waals surface area contributed by atoms with Crippen molar-refractivity contribution >= 4 is 24.2 Å². The molecule has 2 rings (SSSR count). The number of likely N-dealkylation sites (tertiary alicyclic amines) is 1. The number of carbonyl (C=O) groups is 2. The van der Waals surface area contributed by atoms with Gasteiger partial charge in [-0.2, -0.15) is 0 Å². The summed E-state index contributed by atoms with van der Waals surface area (Å²) in [6.45, 7) is 3.71. The third-order valence-electron chi connectivity index (χ3n) is 5.33. The first-order valence-corrected chi connectivity index (χ1v) is 8.86. The molecule has 1 aliphatic carbocycles. The Hall–Kier alpha value is -0.810. The van der Waals surface area contributed by atoms with Gasteiger partial charge in [0.25, 0.3) is 0 Å². The molecular weight excluding hydrogens is 314 g/mol. The Balaban J connectivity index is 0.00000264. The molecule has 3 N–H and O–H groups in total. The number of nitrogens with zero attached hydrogens (tertiary/aromatic N) is 1. The highest BCUT2D eigenvalue weighted by atomic mass is 35.5. The molecule has 1 saturated heterocycles. The van der Waals surface area contributed by atoms with Gasteiger partial charge in [0.2, 0.25) is 11.8 Å². The lowest BCUT2D eigenvalue weighted by Gasteiger charge is -2.33. The number of nitrogens with two attached hydrogens (primary N) is 1. The van der Waals surface area contributed by atoms with Crippen molar-refractivity contribution < 1.29 is 9.59 Å². The summed E-state index contributed by atoms with van der Waals surface area (Å²) in [6, 6.07) is 0.201. The van der Waals surface area contributed by atoms with Crippen molar-refractivity contribution in [1.29, 1.82) is 0 Å². The van der Waals surface area contributed by atoms with Gasteiger partial charge in [-0.25, -0.2) is 0 Å². The van der Waals surface area contributed by atoms with E-state index >= 15 is 0 Å². The van der Waals surface area contributed by atoms with Gasteiger partial charge in [0.1, 0.15) is 0 Å². The van der Waals surface area contributed by atoms with Gasteiger partial charge in [0.05, 0.1) is 6.54 Å². The fourth-order valence-corrected chi connectivity index (χ4v) is 3.68. The minimum atomic E-state index is 0. The number of carbonyl (C=O) groups excluding carboxylic acids is 2. The van der Waals surface area contributed by atoms with Gasteiger partial charge in [0.15, 0.2) is 0 Å². The van der Waals surface area contributed by atoms with Gasteiger partial charge in [0, 0.05) is 25.6 Å². The van der Waals surface area contributed by atoms with Crippen LogP contribution in [0.4, 0.5) is 0 Å². The average molecular weight is 346 g/mol. The van der Waals surface area contributed by atoms with Crippen LogP contribution >= 0.6 is 12.4 Å². The maximum absolute atomic E-state index is 12.1. The lowest BCUT2D eigenvalue weighted by molar-refractivity contribution is -0.134. The fraction of sp³-hybridized carbons (Fsp3) is 0.882. The van der Waals surface area contributed by atoms with Gasteiger partial charge in [-0.1, -0.05) is 25.7 Å². The highest BCUT2D eigenvalue weighted by Crippen LogP contribution is 2.28. The SMILES string of the molecule is CC(N)C1CCN(C(=O)CNC(=O)CCC2CCCC2)CC1.Cl. The van der Waals surface area contributed by atoms with Crippen LogP contribution in [0.15, 0.2) is 0 Å². The standard InChI is InChI=1S/C17H31N3O2.ClH/c1-13(18)15-8-10-20(11-9-15)17(22)12-19-16(21)7-6-14-4-2-3-5-14;/h13-15H,2-12,18H2,1H3,(H,19,21);1H. The monoisotopic (exact) mass is 345 g/mol. The molecule has 5 nitrogen and oxygen atoms in total. The quantitative estimate of drug-likeness (QED) is 0.773. The fourth-order valence-electron chi connectivity index (χ4n) is 3.68. The van der Waals surface area contributed by atoms with Crippen LogP contribution in [-0.4, -0.2) is 42.4 Å². The Bertz CT molecular complexity index is 376. The maximum atomic E-state index is 12.1.